The van der Waals surface area contributed by atoms with Crippen molar-refractivity contribution in [3.8, 4) is 0 Å². The van der Waals surface area contributed by atoms with Gasteiger partial charge in [0, 0.05) is 145 Å². The van der Waals surface area contributed by atoms with Crippen molar-refractivity contribution in [1.82, 2.24) is 0 Å². The quantitative estimate of drug-likeness (QED) is 0.0310. The van der Waals surface area contributed by atoms with Crippen LogP contribution in [0, 0.1) is 0 Å². The van der Waals surface area contributed by atoms with Gasteiger partial charge in [-0.25, -0.2) is 67.3 Å². The van der Waals surface area contributed by atoms with Gasteiger partial charge in [0.2, 0.25) is 5.79 Å². The third kappa shape index (κ3) is 78.1. The molecular formula is C52H94Na8O35S16. The third-order valence-electron chi connectivity index (χ3n) is 13.5. The molecule has 616 valence electrons. The molecule has 59 heteroatoms. The molecule has 2 fully saturated rings. The SMILES string of the molecule is O=S(=O)([O-])CCSCCCOCC1OC(OC2(COCCCSCCS(=O)(=O)[O-])OC(COCCCSCCS(=O)(=O)[O-])C(OCCCSCCS(=O)(=O)[O-])C2OCCCSCCS(=O)(=O)[O-])C(OCCCSCCS(=O)(=O)[O-])C(OCCCSCCS(=O)(=O)[O-])C1OCCCSCCS(=O)(=O)[O-].[Na+].[Na+].[Na+].[Na+].[Na+].[Na+].[Na+].[Na+]. The first kappa shape index (κ1) is 134. The Morgan fingerprint density at radius 2 is 0.505 bits per heavy atom. The van der Waals surface area contributed by atoms with Gasteiger partial charge in [0.1, 0.15) is 49.3 Å². The molecule has 2 aliphatic rings. The maximum atomic E-state index is 11.5. The molecule has 2 heterocycles. The van der Waals surface area contributed by atoms with E-state index in [1.54, 1.807) is 0 Å². The normalized spacial score (nSPS) is 20.4. The molecule has 0 aromatic rings. The Morgan fingerprint density at radius 1 is 0.270 bits per heavy atom. The molecule has 0 amide bonds. The molecule has 9 unspecified atom stereocenters. The second kappa shape index (κ2) is 75.2. The second-order valence-corrected chi connectivity index (χ2v) is 44.3. The molecule has 0 aromatic heterocycles. The van der Waals surface area contributed by atoms with Crippen LogP contribution in [0.4, 0.5) is 0 Å². The van der Waals surface area contributed by atoms with Gasteiger partial charge in [-0.05, 0) is 97.4 Å². The van der Waals surface area contributed by atoms with Crippen molar-refractivity contribution in [3.63, 3.8) is 0 Å². The number of rotatable bonds is 69. The van der Waals surface area contributed by atoms with E-state index in [1.165, 1.54) is 23.5 Å². The molecule has 0 aliphatic carbocycles. The molecule has 2 aliphatic heterocycles. The van der Waals surface area contributed by atoms with E-state index < -0.39 is 188 Å². The molecule has 111 heavy (non-hydrogen) atoms. The van der Waals surface area contributed by atoms with Crippen LogP contribution in [0.2, 0.25) is 0 Å². The van der Waals surface area contributed by atoms with E-state index in [1.807, 2.05) is 0 Å². The van der Waals surface area contributed by atoms with Gasteiger partial charge in [-0.3, -0.25) is 0 Å². The van der Waals surface area contributed by atoms with Crippen molar-refractivity contribution in [1.29, 1.82) is 0 Å². The van der Waals surface area contributed by atoms with E-state index in [2.05, 4.69) is 0 Å². The molecule has 9 atom stereocenters. The van der Waals surface area contributed by atoms with Gasteiger partial charge in [0.05, 0.1) is 94.2 Å². The van der Waals surface area contributed by atoms with E-state index in [4.69, 9.17) is 52.1 Å². The summed E-state index contributed by atoms with van der Waals surface area (Å²) in [4.78, 5) is 0. The van der Waals surface area contributed by atoms with E-state index in [0.717, 1.165) is 70.6 Å². The Kier molecular flexibility index (Phi) is 90.6. The summed E-state index contributed by atoms with van der Waals surface area (Å²) < 4.78 is 348. The van der Waals surface area contributed by atoms with E-state index in [9.17, 15) is 104 Å². The number of hydrogen-bond donors (Lipinski definition) is 0. The minimum absolute atomic E-state index is 0. The predicted molar refractivity (Wildman–Crippen MR) is 391 cm³/mol. The summed E-state index contributed by atoms with van der Waals surface area (Å²) in [6.45, 7) is -1.75. The molecule has 0 saturated carbocycles. The first-order valence-corrected chi connectivity index (χ1v) is 53.9. The molecule has 0 radical (unpaired) electrons. The van der Waals surface area contributed by atoms with Gasteiger partial charge in [-0.15, -0.1) is 0 Å². The topological polar surface area (TPSA) is 559 Å². The molecule has 0 aromatic carbocycles. The molecule has 2 rings (SSSR count). The van der Waals surface area contributed by atoms with Crippen LogP contribution in [-0.2, 0) is 133 Å². The fraction of sp³-hybridized carbons (Fsp3) is 1.00. The Hall–Kier alpha value is 9.64. The zero-order valence-electron chi connectivity index (χ0n) is 64.3. The van der Waals surface area contributed by atoms with Gasteiger partial charge in [0.25, 0.3) is 0 Å². The van der Waals surface area contributed by atoms with Crippen LogP contribution >= 0.6 is 94.1 Å². The molecular weight excluding hydrogens is 1880 g/mol. The minimum Gasteiger partial charge on any atom is -0.748 e. The summed E-state index contributed by atoms with van der Waals surface area (Å²) in [5.74, 6) is -5.27. The minimum atomic E-state index is -4.57. The summed E-state index contributed by atoms with van der Waals surface area (Å²) in [6, 6.07) is 0. The number of ether oxygens (including phenoxy) is 11. The molecule has 35 nitrogen and oxygen atoms in total. The third-order valence-corrected chi connectivity index (χ3v) is 29.7. The monoisotopic (exact) mass is 1970 g/mol. The summed E-state index contributed by atoms with van der Waals surface area (Å²) in [5, 5.41) is 0. The molecule has 2 saturated heterocycles. The van der Waals surface area contributed by atoms with Crippen molar-refractivity contribution in [3.05, 3.63) is 0 Å². The summed E-state index contributed by atoms with van der Waals surface area (Å²) in [7, 11) is -36.3. The van der Waals surface area contributed by atoms with Crippen molar-refractivity contribution in [2.24, 2.45) is 0 Å². The van der Waals surface area contributed by atoms with Gasteiger partial charge in [0.15, 0.2) is 6.29 Å². The number of hydrogen-bond acceptors (Lipinski definition) is 43. The van der Waals surface area contributed by atoms with Crippen LogP contribution in [0.25, 0.3) is 0 Å². The average molecular weight is 1980 g/mol. The van der Waals surface area contributed by atoms with E-state index in [0.29, 0.717) is 30.1 Å². The standard InChI is InChI=1S/C52H102O35S16.8Na/c53-96(54,55)33-25-88-17-1-9-77-41-44-46(80-12-4-20-91-28-36-99(62,63)64)48(82-14-6-22-93-30-38-101(68,69)70)49(83-15-7-23-94-31-39-102(71,72)73)51(85-44)87-52(43-79-11-3-19-90-27-35-98(59,60)61)50(84-16-8-24-95-32-40-103(74,75)76)47(81-13-5-21-92-29-37-100(65,66)67)45(86-52)42-78-10-2-18-89-26-34-97(56,57)58;;;;;;;;/h44-51H,1-43H2,(H,53,54,55)(H,56,57,58)(H,59,60,61)(H,62,63,64)(H,65,66,67)(H,68,69,70)(H,71,72,73)(H,74,75,76);;;;;;;;/q;8*+1/p-8. The van der Waals surface area contributed by atoms with Gasteiger partial charge in [-0.1, -0.05) is 0 Å². The van der Waals surface area contributed by atoms with Crippen molar-refractivity contribution >= 4 is 175 Å². The molecule has 0 bridgehead atoms. The van der Waals surface area contributed by atoms with Gasteiger partial charge in [-0.2, -0.15) is 94.1 Å². The van der Waals surface area contributed by atoms with Crippen LogP contribution in [0.1, 0.15) is 51.4 Å². The number of thioether (sulfide) groups is 8. The van der Waals surface area contributed by atoms with Crippen molar-refractivity contribution in [2.45, 2.75) is 106 Å². The second-order valence-electron chi connectivity index (χ2n) is 22.3. The van der Waals surface area contributed by atoms with Crippen LogP contribution in [-0.4, -0.2) is 369 Å². The zero-order valence-corrected chi connectivity index (χ0v) is 93.4. The van der Waals surface area contributed by atoms with Crippen LogP contribution in [0.5, 0.6) is 0 Å². The molecule has 0 N–H and O–H groups in total. The summed E-state index contributed by atoms with van der Waals surface area (Å²) in [6.07, 6.45) is -8.56. The Balaban J connectivity index is -0.00000270. The maximum absolute atomic E-state index is 11.5. The van der Waals surface area contributed by atoms with Gasteiger partial charge >= 0.3 is 236 Å². The van der Waals surface area contributed by atoms with Crippen LogP contribution < -0.4 is 236 Å². The summed E-state index contributed by atoms with van der Waals surface area (Å²) in [5.41, 5.74) is 0. The maximum Gasteiger partial charge on any atom is 1.00 e. The summed E-state index contributed by atoms with van der Waals surface area (Å²) >= 11 is 9.26. The smallest absolute Gasteiger partial charge is 0.748 e. The Labute approximate surface area is 869 Å². The fourth-order valence-electron chi connectivity index (χ4n) is 8.90. The van der Waals surface area contributed by atoms with Crippen LogP contribution in [0.15, 0.2) is 0 Å². The average Bonchev–Trinajstić information content (AvgIpc) is 1.64. The first-order chi connectivity index (χ1) is 48.2. The zero-order chi connectivity index (χ0) is 77.0. The Bertz CT molecular complexity index is 3260. The first-order valence-electron chi connectivity index (χ1n) is 32.1. The van der Waals surface area contributed by atoms with E-state index in [-0.39, 0.29) is 416 Å². The predicted octanol–water partition coefficient (Wildman–Crippen LogP) is -23.8. The van der Waals surface area contributed by atoms with Crippen molar-refractivity contribution in [2.75, 3.05) is 211 Å². The Morgan fingerprint density at radius 3 is 0.793 bits per heavy atom. The van der Waals surface area contributed by atoms with E-state index >= 15 is 0 Å². The van der Waals surface area contributed by atoms with Crippen LogP contribution in [0.3, 0.4) is 0 Å². The van der Waals surface area contributed by atoms with Gasteiger partial charge < -0.3 is 88.5 Å². The fourth-order valence-corrected chi connectivity index (χ4v) is 23.4. The largest absolute Gasteiger partial charge is 1.00 e. The molecule has 0 spiro atoms. The van der Waals surface area contributed by atoms with Crippen molar-refractivity contribution < 1.29 is 392 Å².